The number of aryl methyl sites for hydroxylation is 1. The lowest BCUT2D eigenvalue weighted by molar-refractivity contribution is -0.126. The van der Waals surface area contributed by atoms with Gasteiger partial charge in [-0.05, 0) is 35.4 Å². The van der Waals surface area contributed by atoms with Gasteiger partial charge in [0.2, 0.25) is 0 Å². The molecule has 4 nitrogen and oxygen atoms in total. The maximum absolute atomic E-state index is 11.0. The van der Waals surface area contributed by atoms with Gasteiger partial charge in [-0.3, -0.25) is 4.79 Å². The lowest BCUT2D eigenvalue weighted by Gasteiger charge is -2.23. The van der Waals surface area contributed by atoms with Crippen LogP contribution >= 0.6 is 0 Å². The highest BCUT2D eigenvalue weighted by molar-refractivity contribution is 5.84. The number of nitrogens with zero attached hydrogens (tertiary/aromatic N) is 2. The van der Waals surface area contributed by atoms with E-state index >= 15 is 0 Å². The number of benzene rings is 1. The van der Waals surface area contributed by atoms with Crippen molar-refractivity contribution >= 4 is 16.8 Å². The minimum absolute atomic E-state index is 0.110. The summed E-state index contributed by atoms with van der Waals surface area (Å²) in [6.45, 7) is 6.59. The number of carbonyl (C=O) groups excluding carboxylic acids is 1. The quantitative estimate of drug-likeness (QED) is 0.882. The van der Waals surface area contributed by atoms with Gasteiger partial charge in [0.1, 0.15) is 11.6 Å². The van der Waals surface area contributed by atoms with E-state index < -0.39 is 0 Å². The van der Waals surface area contributed by atoms with Crippen LogP contribution in [0.25, 0.3) is 11.0 Å². The number of aromatic nitrogens is 2. The van der Waals surface area contributed by atoms with E-state index in [4.69, 9.17) is 5.84 Å². The number of hydrogen-bond donors (Lipinski definition) is 1. The van der Waals surface area contributed by atoms with Crippen molar-refractivity contribution in [2.45, 2.75) is 51.9 Å². The first-order valence-corrected chi connectivity index (χ1v) is 7.63. The lowest BCUT2D eigenvalue weighted by atomic mass is 9.81. The Labute approximate surface area is 125 Å². The number of Topliss-reactive ketones (excluding diaryl/α,β-unsaturated/α-hetero) is 1. The molecule has 1 fully saturated rings. The molecule has 0 spiro atoms. The van der Waals surface area contributed by atoms with Crippen molar-refractivity contribution in [2.75, 3.05) is 5.84 Å². The topological polar surface area (TPSA) is 60.9 Å². The molecule has 0 atom stereocenters. The van der Waals surface area contributed by atoms with E-state index in [0.29, 0.717) is 11.7 Å². The minimum atomic E-state index is 0.110. The van der Waals surface area contributed by atoms with Gasteiger partial charge in [-0.25, -0.2) is 9.66 Å². The van der Waals surface area contributed by atoms with Crippen molar-refractivity contribution in [3.63, 3.8) is 0 Å². The second-order valence-electron chi connectivity index (χ2n) is 7.20. The first kappa shape index (κ1) is 14.1. The summed E-state index contributed by atoms with van der Waals surface area (Å²) in [5, 5.41) is 0. The normalized spacial score (nSPS) is 16.4. The third kappa shape index (κ3) is 2.67. The summed E-state index contributed by atoms with van der Waals surface area (Å²) in [5.74, 6) is 7.99. The van der Waals surface area contributed by atoms with Crippen molar-refractivity contribution in [2.24, 2.45) is 5.92 Å². The predicted octanol–water partition coefficient (Wildman–Crippen LogP) is 2.96. The molecule has 0 saturated heterocycles. The molecule has 0 bridgehead atoms. The fourth-order valence-corrected chi connectivity index (χ4v) is 2.91. The Morgan fingerprint density at radius 1 is 1.33 bits per heavy atom. The molecule has 1 saturated carbocycles. The lowest BCUT2D eigenvalue weighted by Crippen LogP contribution is -2.24. The largest absolute Gasteiger partial charge is 0.337 e. The highest BCUT2D eigenvalue weighted by atomic mass is 16.1. The fraction of sp³-hybridized carbons (Fsp3) is 0.529. The Kier molecular flexibility index (Phi) is 3.27. The predicted molar refractivity (Wildman–Crippen MR) is 84.6 cm³/mol. The molecule has 0 amide bonds. The molecule has 2 aromatic rings. The van der Waals surface area contributed by atoms with Gasteiger partial charge in [-0.15, -0.1) is 0 Å². The van der Waals surface area contributed by atoms with Gasteiger partial charge in [0, 0.05) is 19.3 Å². The van der Waals surface area contributed by atoms with E-state index in [2.05, 4.69) is 44.0 Å². The summed E-state index contributed by atoms with van der Waals surface area (Å²) >= 11 is 0. The highest BCUT2D eigenvalue weighted by Crippen LogP contribution is 2.29. The minimum Gasteiger partial charge on any atom is -0.337 e. The monoisotopic (exact) mass is 285 g/mol. The molecule has 0 radical (unpaired) electrons. The number of imidazole rings is 1. The standard InChI is InChI=1S/C17H23N3O/c1-17(2,3)12-5-6-15-14(10-12)19-16(20(15)18)7-4-11-8-13(21)9-11/h5-6,10-11H,4,7-9,18H2,1-3H3. The maximum atomic E-state index is 11.0. The van der Waals surface area contributed by atoms with Gasteiger partial charge in [-0.1, -0.05) is 26.8 Å². The van der Waals surface area contributed by atoms with Gasteiger partial charge in [-0.2, -0.15) is 0 Å². The summed E-state index contributed by atoms with van der Waals surface area (Å²) < 4.78 is 1.70. The summed E-state index contributed by atoms with van der Waals surface area (Å²) in [6, 6.07) is 6.32. The van der Waals surface area contributed by atoms with Crippen molar-refractivity contribution in [3.8, 4) is 0 Å². The molecule has 1 aliphatic carbocycles. The third-order valence-corrected chi connectivity index (χ3v) is 4.44. The second-order valence-corrected chi connectivity index (χ2v) is 7.20. The smallest absolute Gasteiger partial charge is 0.133 e. The number of fused-ring (bicyclic) bond motifs is 1. The van der Waals surface area contributed by atoms with Gasteiger partial charge in [0.25, 0.3) is 0 Å². The van der Waals surface area contributed by atoms with Crippen LogP contribution in [0.4, 0.5) is 0 Å². The van der Waals surface area contributed by atoms with E-state index in [-0.39, 0.29) is 5.41 Å². The molecule has 1 aromatic carbocycles. The zero-order valence-corrected chi connectivity index (χ0v) is 13.0. The third-order valence-electron chi connectivity index (χ3n) is 4.44. The van der Waals surface area contributed by atoms with Crippen LogP contribution in [0.3, 0.4) is 0 Å². The second kappa shape index (κ2) is 4.86. The number of ketones is 1. The Balaban J connectivity index is 1.83. The maximum Gasteiger partial charge on any atom is 0.133 e. The van der Waals surface area contributed by atoms with Gasteiger partial charge < -0.3 is 5.84 Å². The van der Waals surface area contributed by atoms with Crippen LogP contribution < -0.4 is 5.84 Å². The van der Waals surface area contributed by atoms with Crippen LogP contribution in [0, 0.1) is 5.92 Å². The molecule has 1 aromatic heterocycles. The summed E-state index contributed by atoms with van der Waals surface area (Å²) in [4.78, 5) is 15.7. The van der Waals surface area contributed by atoms with Crippen LogP contribution in [-0.4, -0.2) is 15.4 Å². The molecule has 4 heteroatoms. The molecule has 112 valence electrons. The molecule has 1 heterocycles. The Morgan fingerprint density at radius 3 is 2.67 bits per heavy atom. The number of hydrogen-bond acceptors (Lipinski definition) is 3. The average Bonchev–Trinajstić information content (AvgIpc) is 2.69. The van der Waals surface area contributed by atoms with E-state index in [1.54, 1.807) is 4.68 Å². The van der Waals surface area contributed by atoms with Crippen LogP contribution in [-0.2, 0) is 16.6 Å². The van der Waals surface area contributed by atoms with E-state index in [1.807, 2.05) is 0 Å². The number of nitrogens with two attached hydrogens (primary N) is 1. The van der Waals surface area contributed by atoms with Crippen molar-refractivity contribution in [1.29, 1.82) is 0 Å². The van der Waals surface area contributed by atoms with Crippen LogP contribution in [0.5, 0.6) is 0 Å². The van der Waals surface area contributed by atoms with E-state index in [9.17, 15) is 4.79 Å². The van der Waals surface area contributed by atoms with Gasteiger partial charge in [0.15, 0.2) is 0 Å². The molecule has 21 heavy (non-hydrogen) atoms. The molecular formula is C17H23N3O. The molecule has 1 aliphatic rings. The van der Waals surface area contributed by atoms with Crippen molar-refractivity contribution < 1.29 is 4.79 Å². The van der Waals surface area contributed by atoms with Gasteiger partial charge >= 0.3 is 0 Å². The summed E-state index contributed by atoms with van der Waals surface area (Å²) in [6.07, 6.45) is 3.31. The molecule has 0 unspecified atom stereocenters. The Hall–Kier alpha value is -1.84. The summed E-state index contributed by atoms with van der Waals surface area (Å²) in [5.41, 5.74) is 3.32. The molecule has 2 N–H and O–H groups in total. The van der Waals surface area contributed by atoms with Crippen LogP contribution in [0.2, 0.25) is 0 Å². The zero-order chi connectivity index (χ0) is 15.2. The van der Waals surface area contributed by atoms with Gasteiger partial charge in [0.05, 0.1) is 11.0 Å². The molecular weight excluding hydrogens is 262 g/mol. The first-order valence-electron chi connectivity index (χ1n) is 7.63. The average molecular weight is 285 g/mol. The number of rotatable bonds is 3. The molecule has 3 rings (SSSR count). The SMILES string of the molecule is CC(C)(C)c1ccc2c(c1)nc(CCC1CC(=O)C1)n2N. The number of carbonyl (C=O) groups is 1. The number of nitrogen functional groups attached to an aromatic ring is 1. The zero-order valence-electron chi connectivity index (χ0n) is 13.0. The van der Waals surface area contributed by atoms with Crippen LogP contribution in [0.1, 0.15) is 51.4 Å². The van der Waals surface area contributed by atoms with E-state index in [0.717, 1.165) is 42.5 Å². The molecule has 0 aliphatic heterocycles. The summed E-state index contributed by atoms with van der Waals surface area (Å²) in [7, 11) is 0. The van der Waals surface area contributed by atoms with Crippen molar-refractivity contribution in [1.82, 2.24) is 9.66 Å². The Bertz CT molecular complexity index is 686. The first-order chi connectivity index (χ1) is 9.84. The highest BCUT2D eigenvalue weighted by Gasteiger charge is 2.26. The van der Waals surface area contributed by atoms with Crippen molar-refractivity contribution in [3.05, 3.63) is 29.6 Å². The van der Waals surface area contributed by atoms with E-state index in [1.165, 1.54) is 5.56 Å². The van der Waals surface area contributed by atoms with Crippen LogP contribution in [0.15, 0.2) is 18.2 Å². The Morgan fingerprint density at radius 2 is 2.05 bits per heavy atom. The fourth-order valence-electron chi connectivity index (χ4n) is 2.91.